The van der Waals surface area contributed by atoms with Crippen LogP contribution in [-0.4, -0.2) is 138 Å². The maximum absolute atomic E-state index is 14.3. The number of aliphatic hydroxyl groups excluding tert-OH is 1. The number of halogens is 3. The summed E-state index contributed by atoms with van der Waals surface area (Å²) in [7, 11) is 0. The first kappa shape index (κ1) is 56.3. The maximum Gasteiger partial charge on any atom is 0.417 e. The predicted octanol–water partition coefficient (Wildman–Crippen LogP) is 7.27. The number of carbonyl (C=O) groups is 4. The van der Waals surface area contributed by atoms with Gasteiger partial charge >= 0.3 is 6.18 Å². The Morgan fingerprint density at radius 2 is 1.58 bits per heavy atom. The predicted molar refractivity (Wildman–Crippen MR) is 282 cm³/mol. The van der Waals surface area contributed by atoms with Crippen molar-refractivity contribution >= 4 is 35.0 Å². The van der Waals surface area contributed by atoms with E-state index in [4.69, 9.17) is 9.47 Å². The van der Waals surface area contributed by atoms with Gasteiger partial charge in [-0.1, -0.05) is 84.9 Å². The van der Waals surface area contributed by atoms with Crippen molar-refractivity contribution < 1.29 is 46.9 Å². The Kier molecular flexibility index (Phi) is 16.2. The van der Waals surface area contributed by atoms with Crippen molar-refractivity contribution in [2.24, 2.45) is 16.2 Å². The number of aryl methyl sites for hydroxylation is 1. The third-order valence-electron chi connectivity index (χ3n) is 16.1. The van der Waals surface area contributed by atoms with Crippen LogP contribution in [0.25, 0.3) is 10.4 Å². The summed E-state index contributed by atoms with van der Waals surface area (Å²) in [6.07, 6.45) is -5.22. The second kappa shape index (κ2) is 21.8. The van der Waals surface area contributed by atoms with E-state index in [9.17, 15) is 42.7 Å². The van der Waals surface area contributed by atoms with Gasteiger partial charge in [0.25, 0.3) is 5.91 Å². The molecule has 4 amide bonds. The molecule has 0 radical (unpaired) electrons. The van der Waals surface area contributed by atoms with Gasteiger partial charge in [0, 0.05) is 67.0 Å². The summed E-state index contributed by atoms with van der Waals surface area (Å²) in [6, 6.07) is 17.9. The minimum absolute atomic E-state index is 0.00234. The molecule has 1 aromatic heterocycles. The Bertz CT molecular complexity index is 2800. The molecule has 4 aliphatic rings. The number of amides is 4. The van der Waals surface area contributed by atoms with Crippen LogP contribution in [0.15, 0.2) is 72.2 Å². The van der Waals surface area contributed by atoms with Gasteiger partial charge in [0.15, 0.2) is 0 Å². The summed E-state index contributed by atoms with van der Waals surface area (Å²) in [5.74, 6) is -1.34. The monoisotopic (exact) mass is 1070 g/mol. The molecule has 19 heteroatoms. The Hall–Kier alpha value is -5.91. The highest BCUT2D eigenvalue weighted by atomic mass is 32.1. The first-order valence-corrected chi connectivity index (χ1v) is 26.9. The molecule has 4 atom stereocenters. The van der Waals surface area contributed by atoms with E-state index in [1.807, 2.05) is 116 Å². The summed E-state index contributed by atoms with van der Waals surface area (Å²) >= 11 is 1.57. The Morgan fingerprint density at radius 1 is 0.934 bits per heavy atom. The highest BCUT2D eigenvalue weighted by Gasteiger charge is 2.64. The minimum Gasteiger partial charge on any atom is -0.489 e. The lowest BCUT2D eigenvalue weighted by Crippen LogP contribution is -2.74. The number of ether oxygens (including phenoxy) is 2. The van der Waals surface area contributed by atoms with Crippen LogP contribution in [0.1, 0.15) is 113 Å². The molecule has 15 nitrogen and oxygen atoms in total. The number of nitrogens with one attached hydrogen (secondary N) is 3. The molecule has 0 bridgehead atoms. The van der Waals surface area contributed by atoms with Crippen LogP contribution in [0.5, 0.6) is 5.75 Å². The van der Waals surface area contributed by atoms with Crippen molar-refractivity contribution in [3.8, 4) is 22.3 Å². The molecule has 76 heavy (non-hydrogen) atoms. The Balaban J connectivity index is 0.799. The second-order valence-corrected chi connectivity index (χ2v) is 24.3. The van der Waals surface area contributed by atoms with Crippen LogP contribution in [0, 0.1) is 34.5 Å². The van der Waals surface area contributed by atoms with E-state index in [0.29, 0.717) is 31.9 Å². The molecule has 1 aliphatic carbocycles. The molecule has 3 saturated heterocycles. The van der Waals surface area contributed by atoms with Gasteiger partial charge in [-0.3, -0.25) is 24.1 Å². The van der Waals surface area contributed by atoms with Crippen LogP contribution in [0.4, 0.5) is 13.2 Å². The van der Waals surface area contributed by atoms with Crippen LogP contribution >= 0.6 is 11.3 Å². The van der Waals surface area contributed by atoms with E-state index in [1.165, 1.54) is 11.0 Å². The van der Waals surface area contributed by atoms with Crippen LogP contribution in [0.3, 0.4) is 0 Å². The van der Waals surface area contributed by atoms with E-state index in [0.717, 1.165) is 65.4 Å². The van der Waals surface area contributed by atoms with Crippen molar-refractivity contribution in [3.63, 3.8) is 0 Å². The third kappa shape index (κ3) is 11.8. The molecule has 4 fully saturated rings. The molecule has 4 N–H and O–H groups in total. The molecule has 8 rings (SSSR count). The Labute approximate surface area is 447 Å². The van der Waals surface area contributed by atoms with Gasteiger partial charge in [0.1, 0.15) is 23.9 Å². The summed E-state index contributed by atoms with van der Waals surface area (Å²) < 4.78 is 53.0. The van der Waals surface area contributed by atoms with E-state index in [1.54, 1.807) is 17.4 Å². The zero-order chi connectivity index (χ0) is 55.1. The average molecular weight is 1070 g/mol. The number of carbonyl (C=O) groups excluding carboxylic acids is 4. The molecule has 4 aromatic rings. The standard InChI is InChI=1S/C57H71F3N8O7S/c1-34(36-10-12-37(13-11-36)46-35(2)62-33-76-46)63-49(72)44-26-41(69)29-68(44)50(73)47(53(3,4)5)64-45(70)30-67-24-22-66(23-25-67)21-20-56(31-74-32-56)40-17-14-38(15-18-40)48(71)65-51-54(6,7)52(55(51,8)9)75-42-19-16-39(28-61)43(27-42)57(58,59)60/h10-19,27,33-34,41,44,47,51-52,69H,20-26,29-32H2,1-9H3,(H,63,72)(H,64,70)(H,65,71)/t34-,41+,44-,47+,51-,52-/m0/s1. The van der Waals surface area contributed by atoms with E-state index in [2.05, 4.69) is 30.7 Å². The number of hydrogen-bond acceptors (Lipinski definition) is 12. The van der Waals surface area contributed by atoms with Gasteiger partial charge in [-0.2, -0.15) is 18.4 Å². The van der Waals surface area contributed by atoms with Crippen molar-refractivity contribution in [3.05, 3.63) is 106 Å². The number of rotatable bonds is 16. The van der Waals surface area contributed by atoms with Gasteiger partial charge < -0.3 is 40.3 Å². The fraction of sp³-hybridized carbons (Fsp3) is 0.544. The molecular formula is C57H71F3N8O7S. The zero-order valence-corrected chi connectivity index (χ0v) is 45.7. The number of β-amino-alcohol motifs (C(OH)–C–C–N with tert-alkyl or cyclic N) is 1. The molecule has 3 aliphatic heterocycles. The number of alkyl halides is 3. The number of piperazine rings is 1. The van der Waals surface area contributed by atoms with Gasteiger partial charge in [0.2, 0.25) is 17.7 Å². The lowest BCUT2D eigenvalue weighted by atomic mass is 9.49. The number of benzene rings is 3. The van der Waals surface area contributed by atoms with Crippen molar-refractivity contribution in [2.45, 2.75) is 123 Å². The summed E-state index contributed by atoms with van der Waals surface area (Å²) in [5.41, 5.74) is 2.51. The molecule has 4 heterocycles. The molecule has 0 unspecified atom stereocenters. The first-order valence-electron chi connectivity index (χ1n) is 26.0. The highest BCUT2D eigenvalue weighted by Crippen LogP contribution is 2.56. The quantitative estimate of drug-likeness (QED) is 0.0884. The van der Waals surface area contributed by atoms with Crippen molar-refractivity contribution in [1.29, 1.82) is 5.26 Å². The molecular weight excluding hydrogens is 998 g/mol. The number of aliphatic hydroxyl groups is 1. The maximum atomic E-state index is 14.3. The van der Waals surface area contributed by atoms with Crippen molar-refractivity contribution in [1.82, 2.24) is 35.6 Å². The second-order valence-electron chi connectivity index (χ2n) is 23.5. The molecule has 0 spiro atoms. The van der Waals surface area contributed by atoms with Gasteiger partial charge in [-0.05, 0) is 79.3 Å². The fourth-order valence-corrected chi connectivity index (χ4v) is 12.6. The number of hydrogen-bond donors (Lipinski definition) is 4. The SMILES string of the molecule is Cc1ncsc1-c1ccc([C@H](C)NC(=O)[C@@H]2C[C@@H](O)CN2C(=O)[C@@H](NC(=O)CN2CCN(CCC3(c4ccc(C(=O)N[C@H]5C(C)(C)[C@H](Oc6ccc(C#N)c(C(F)(F)F)c6)C5(C)C)cc4)COC3)CC2)C(C)(C)C)cc1. The molecule has 1 saturated carbocycles. The number of likely N-dealkylation sites (tertiary alicyclic amines) is 1. The average Bonchev–Trinajstić information content (AvgIpc) is 3.98. The molecule has 408 valence electrons. The van der Waals surface area contributed by atoms with Crippen LogP contribution in [-0.2, 0) is 30.7 Å². The summed E-state index contributed by atoms with van der Waals surface area (Å²) in [6.45, 7) is 21.9. The lowest BCUT2D eigenvalue weighted by molar-refractivity contribution is -0.164. The minimum atomic E-state index is -4.72. The fourth-order valence-electron chi connectivity index (χ4n) is 11.8. The van der Waals surface area contributed by atoms with Gasteiger partial charge in [-0.15, -0.1) is 11.3 Å². The van der Waals surface area contributed by atoms with Crippen LogP contribution < -0.4 is 20.7 Å². The summed E-state index contributed by atoms with van der Waals surface area (Å²) in [4.78, 5) is 66.8. The topological polar surface area (TPSA) is 189 Å². The van der Waals surface area contributed by atoms with E-state index >= 15 is 0 Å². The number of thiazole rings is 1. The zero-order valence-electron chi connectivity index (χ0n) is 44.8. The number of aromatic nitrogens is 1. The normalized spacial score (nSPS) is 23.0. The van der Waals surface area contributed by atoms with Crippen molar-refractivity contribution in [2.75, 3.05) is 59.0 Å². The number of nitriles is 1. The highest BCUT2D eigenvalue weighted by molar-refractivity contribution is 7.13. The smallest absolute Gasteiger partial charge is 0.417 e. The summed E-state index contributed by atoms with van der Waals surface area (Å²) in [5, 5.41) is 29.2. The van der Waals surface area contributed by atoms with Crippen LogP contribution in [0.2, 0.25) is 0 Å². The molecule has 3 aromatic carbocycles. The van der Waals surface area contributed by atoms with E-state index in [-0.39, 0.29) is 60.5 Å². The third-order valence-corrected chi connectivity index (χ3v) is 17.1. The lowest BCUT2D eigenvalue weighted by Gasteiger charge is -2.63. The van der Waals surface area contributed by atoms with Gasteiger partial charge in [-0.25, -0.2) is 4.98 Å². The largest absolute Gasteiger partial charge is 0.489 e. The first-order chi connectivity index (χ1) is 35.7. The number of nitrogens with zero attached hydrogens (tertiary/aromatic N) is 5. The van der Waals surface area contributed by atoms with E-state index < -0.39 is 63.7 Å². The van der Waals surface area contributed by atoms with Gasteiger partial charge in [0.05, 0.1) is 65.2 Å². The Morgan fingerprint density at radius 3 is 2.14 bits per heavy atom.